The van der Waals surface area contributed by atoms with Crippen LogP contribution in [0.25, 0.3) is 12.2 Å². The van der Waals surface area contributed by atoms with E-state index in [1.165, 1.54) is 11.1 Å². The molecule has 0 amide bonds. The van der Waals surface area contributed by atoms with Crippen LogP contribution in [0.4, 0.5) is 11.4 Å². The minimum Gasteiger partial charge on any atom is -0.399 e. The second kappa shape index (κ2) is 12.2. The number of benzene rings is 4. The summed E-state index contributed by atoms with van der Waals surface area (Å²) in [5.41, 5.74) is 13.4. The first-order chi connectivity index (χ1) is 16.4. The van der Waals surface area contributed by atoms with Crippen molar-refractivity contribution in [3.63, 3.8) is 0 Å². The lowest BCUT2D eigenvalue weighted by Crippen LogP contribution is -1.95. The smallest absolute Gasteiger partial charge is 0.272 e. The van der Waals surface area contributed by atoms with Gasteiger partial charge in [0.2, 0.25) is 0 Å². The number of nitro groups is 1. The summed E-state index contributed by atoms with van der Waals surface area (Å²) in [6.45, 7) is 3.78. The molecule has 0 fully saturated rings. The van der Waals surface area contributed by atoms with Crippen LogP contribution in [-0.4, -0.2) is 4.92 Å². The van der Waals surface area contributed by atoms with E-state index in [2.05, 4.69) is 42.5 Å². The zero-order valence-corrected chi connectivity index (χ0v) is 19.6. The quantitative estimate of drug-likeness (QED) is 0.144. The Kier molecular flexibility index (Phi) is 8.75. The molecule has 34 heavy (non-hydrogen) atoms. The molecule has 172 valence electrons. The van der Waals surface area contributed by atoms with E-state index in [0.717, 1.165) is 35.2 Å². The number of hydrogen-bond acceptors (Lipinski definition) is 3. The van der Waals surface area contributed by atoms with E-state index in [-0.39, 0.29) is 10.6 Å². The van der Waals surface area contributed by atoms with Crippen LogP contribution in [0, 0.1) is 24.0 Å². The van der Waals surface area contributed by atoms with Crippen LogP contribution in [0.1, 0.15) is 33.4 Å². The lowest BCUT2D eigenvalue weighted by atomic mass is 10.0. The van der Waals surface area contributed by atoms with Gasteiger partial charge in [0.05, 0.1) is 4.92 Å². The van der Waals surface area contributed by atoms with E-state index in [9.17, 15) is 10.1 Å². The summed E-state index contributed by atoms with van der Waals surface area (Å²) in [4.78, 5) is 10.5. The van der Waals surface area contributed by atoms with E-state index >= 15 is 0 Å². The summed E-state index contributed by atoms with van der Waals surface area (Å²) >= 11 is 0. The fourth-order valence-electron chi connectivity index (χ4n) is 3.46. The maximum atomic E-state index is 10.8. The number of nitrogens with zero attached hydrogens (tertiary/aromatic N) is 1. The molecule has 4 aromatic carbocycles. The van der Waals surface area contributed by atoms with Crippen molar-refractivity contribution in [1.82, 2.24) is 0 Å². The third-order valence-electron chi connectivity index (χ3n) is 5.59. The zero-order chi connectivity index (χ0) is 24.3. The maximum absolute atomic E-state index is 10.8. The van der Waals surface area contributed by atoms with Crippen molar-refractivity contribution in [1.29, 1.82) is 0 Å². The molecule has 4 rings (SSSR count). The molecule has 0 spiro atoms. The SMILES string of the molecule is Cc1ccc(/C=C/c2ccccc2)cc1[N+](=O)[O-].Cc1ccc(CCc2ccccc2)cc1N. The number of rotatable bonds is 6. The zero-order valence-electron chi connectivity index (χ0n) is 19.6. The molecular weight excluding hydrogens is 420 g/mol. The monoisotopic (exact) mass is 450 g/mol. The van der Waals surface area contributed by atoms with Gasteiger partial charge in [0.1, 0.15) is 0 Å². The molecule has 4 nitrogen and oxygen atoms in total. The first-order valence-electron chi connectivity index (χ1n) is 11.3. The van der Waals surface area contributed by atoms with E-state index in [0.29, 0.717) is 5.56 Å². The van der Waals surface area contributed by atoms with Crippen molar-refractivity contribution in [3.8, 4) is 0 Å². The Balaban J connectivity index is 0.000000192. The predicted octanol–water partition coefficient (Wildman–Crippen LogP) is 7.44. The average molecular weight is 451 g/mol. The van der Waals surface area contributed by atoms with Gasteiger partial charge in [-0.2, -0.15) is 0 Å². The number of hydrogen-bond donors (Lipinski definition) is 1. The highest BCUT2D eigenvalue weighted by molar-refractivity contribution is 5.71. The van der Waals surface area contributed by atoms with Crippen molar-refractivity contribution in [2.24, 2.45) is 0 Å². The molecular formula is C30H30N2O2. The first kappa shape index (κ1) is 24.5. The van der Waals surface area contributed by atoms with Gasteiger partial charge < -0.3 is 5.73 Å². The van der Waals surface area contributed by atoms with Gasteiger partial charge in [-0.3, -0.25) is 10.1 Å². The van der Waals surface area contributed by atoms with Crippen molar-refractivity contribution in [2.75, 3.05) is 5.73 Å². The van der Waals surface area contributed by atoms with Gasteiger partial charge in [0.15, 0.2) is 0 Å². The highest BCUT2D eigenvalue weighted by Gasteiger charge is 2.09. The lowest BCUT2D eigenvalue weighted by molar-refractivity contribution is -0.385. The first-order valence-corrected chi connectivity index (χ1v) is 11.3. The van der Waals surface area contributed by atoms with E-state index in [1.54, 1.807) is 19.1 Å². The summed E-state index contributed by atoms with van der Waals surface area (Å²) in [6, 6.07) is 31.9. The fraction of sp³-hybridized carbons (Fsp3) is 0.133. The summed E-state index contributed by atoms with van der Waals surface area (Å²) in [6.07, 6.45) is 5.94. The molecule has 0 heterocycles. The maximum Gasteiger partial charge on any atom is 0.272 e. The van der Waals surface area contributed by atoms with Crippen molar-refractivity contribution in [2.45, 2.75) is 26.7 Å². The van der Waals surface area contributed by atoms with Crippen LogP contribution in [-0.2, 0) is 12.8 Å². The van der Waals surface area contributed by atoms with Crippen LogP contribution in [0.15, 0.2) is 97.1 Å². The highest BCUT2D eigenvalue weighted by Crippen LogP contribution is 2.20. The number of nitrogens with two attached hydrogens (primary N) is 1. The van der Waals surface area contributed by atoms with Gasteiger partial charge >= 0.3 is 0 Å². The van der Waals surface area contributed by atoms with Crippen molar-refractivity contribution >= 4 is 23.5 Å². The molecule has 4 aromatic rings. The predicted molar refractivity (Wildman–Crippen MR) is 143 cm³/mol. The Morgan fingerprint density at radius 2 is 1.29 bits per heavy atom. The third-order valence-corrected chi connectivity index (χ3v) is 5.59. The Hall–Kier alpha value is -4.18. The van der Waals surface area contributed by atoms with Crippen LogP contribution in [0.5, 0.6) is 0 Å². The number of anilines is 1. The van der Waals surface area contributed by atoms with Gasteiger partial charge in [-0.15, -0.1) is 0 Å². The Morgan fingerprint density at radius 1 is 0.706 bits per heavy atom. The number of aryl methyl sites for hydroxylation is 4. The standard InChI is InChI=1S/C15H13NO2.C15H17N/c1-12-7-8-14(11-15(12)16(17)18)10-9-13-5-3-2-4-6-13;1-12-7-8-14(11-15(12)16)10-9-13-5-3-2-4-6-13/h2-11H,1H3;2-8,11H,9-10,16H2,1H3/b10-9+;. The molecule has 0 aliphatic carbocycles. The van der Waals surface area contributed by atoms with Crippen LogP contribution >= 0.6 is 0 Å². The number of nitrogen functional groups attached to an aromatic ring is 1. The minimum atomic E-state index is -0.352. The van der Waals surface area contributed by atoms with Gasteiger partial charge in [-0.25, -0.2) is 0 Å². The largest absolute Gasteiger partial charge is 0.399 e. The molecule has 0 saturated carbocycles. The second-order valence-corrected chi connectivity index (χ2v) is 8.22. The van der Waals surface area contributed by atoms with Crippen LogP contribution in [0.3, 0.4) is 0 Å². The fourth-order valence-corrected chi connectivity index (χ4v) is 3.46. The van der Waals surface area contributed by atoms with E-state index < -0.39 is 0 Å². The van der Waals surface area contributed by atoms with E-state index in [4.69, 9.17) is 5.73 Å². The molecule has 0 aromatic heterocycles. The molecule has 0 bridgehead atoms. The molecule has 0 aliphatic heterocycles. The van der Waals surface area contributed by atoms with Gasteiger partial charge in [-0.05, 0) is 60.6 Å². The molecule has 2 N–H and O–H groups in total. The van der Waals surface area contributed by atoms with Crippen LogP contribution in [0.2, 0.25) is 0 Å². The van der Waals surface area contributed by atoms with E-state index in [1.807, 2.05) is 61.5 Å². The summed E-state index contributed by atoms with van der Waals surface area (Å²) in [7, 11) is 0. The van der Waals surface area contributed by atoms with Gasteiger partial charge in [0, 0.05) is 17.3 Å². The normalized spacial score (nSPS) is 10.5. The molecule has 0 aliphatic rings. The van der Waals surface area contributed by atoms with Gasteiger partial charge in [-0.1, -0.05) is 97.1 Å². The summed E-state index contributed by atoms with van der Waals surface area (Å²) < 4.78 is 0. The summed E-state index contributed by atoms with van der Waals surface area (Å²) in [5.74, 6) is 0. The molecule has 4 heteroatoms. The molecule has 0 saturated heterocycles. The molecule has 0 unspecified atom stereocenters. The van der Waals surface area contributed by atoms with Crippen molar-refractivity contribution < 1.29 is 4.92 Å². The Morgan fingerprint density at radius 3 is 1.94 bits per heavy atom. The third kappa shape index (κ3) is 7.45. The highest BCUT2D eigenvalue weighted by atomic mass is 16.6. The topological polar surface area (TPSA) is 69.2 Å². The van der Waals surface area contributed by atoms with Gasteiger partial charge in [0.25, 0.3) is 5.69 Å². The second-order valence-electron chi connectivity index (χ2n) is 8.22. The average Bonchev–Trinajstić information content (AvgIpc) is 2.86. The summed E-state index contributed by atoms with van der Waals surface area (Å²) in [5, 5.41) is 10.8. The number of nitro benzene ring substituents is 1. The lowest BCUT2D eigenvalue weighted by Gasteiger charge is -2.05. The Bertz CT molecular complexity index is 1250. The minimum absolute atomic E-state index is 0.158. The molecule has 0 atom stereocenters. The molecule has 0 radical (unpaired) electrons. The van der Waals surface area contributed by atoms with Crippen LogP contribution < -0.4 is 5.73 Å². The Labute approximate surface area is 201 Å². The van der Waals surface area contributed by atoms with Crippen molar-refractivity contribution in [3.05, 3.63) is 141 Å².